The normalized spacial score (nSPS) is 11.2. The van der Waals surface area contributed by atoms with Crippen LogP contribution in [-0.2, 0) is 9.47 Å². The largest absolute Gasteiger partial charge is 0.391 e. The van der Waals surface area contributed by atoms with Crippen LogP contribution in [0.1, 0.15) is 20.8 Å². The lowest BCUT2D eigenvalue weighted by atomic mass is 10.5. The number of aliphatic hydroxyl groups is 1. The van der Waals surface area contributed by atoms with E-state index in [9.17, 15) is 0 Å². The highest BCUT2D eigenvalue weighted by molar-refractivity contribution is 4.26. The van der Waals surface area contributed by atoms with Crippen LogP contribution in [-0.4, -0.2) is 63.4 Å². The van der Waals surface area contributed by atoms with Crippen LogP contribution in [0.5, 0.6) is 0 Å². The second kappa shape index (κ2) is 10.4. The first-order chi connectivity index (χ1) is 6.87. The van der Waals surface area contributed by atoms with Crippen LogP contribution in [0.15, 0.2) is 0 Å². The Morgan fingerprint density at radius 2 is 1.47 bits per heavy atom. The third-order valence-electron chi connectivity index (χ3n) is 1.57. The minimum atomic E-state index is -0.0370. The molecule has 0 aliphatic carbocycles. The lowest BCUT2D eigenvalue weighted by Crippen LogP contribution is -2.36. The number of rotatable bonds is 6. The van der Waals surface area contributed by atoms with E-state index in [0.29, 0.717) is 0 Å². The van der Waals surface area contributed by atoms with E-state index in [1.165, 1.54) is 0 Å². The van der Waals surface area contributed by atoms with Crippen molar-refractivity contribution in [1.29, 1.82) is 0 Å². The fourth-order valence-electron chi connectivity index (χ4n) is 0.818. The predicted molar refractivity (Wildman–Crippen MR) is 62.7 cm³/mol. The lowest BCUT2D eigenvalue weighted by Gasteiger charge is -2.21. The van der Waals surface area contributed by atoms with Gasteiger partial charge in [-0.05, 0) is 20.8 Å². The van der Waals surface area contributed by atoms with E-state index in [0.717, 1.165) is 24.2 Å². The first-order valence-electron chi connectivity index (χ1n) is 5.51. The summed E-state index contributed by atoms with van der Waals surface area (Å²) >= 11 is 0. The molecule has 0 bridgehead atoms. The van der Waals surface area contributed by atoms with E-state index in [1.807, 2.05) is 20.8 Å². The molecular weight excluding hydrogens is 194 g/mol. The molecule has 0 aliphatic heterocycles. The van der Waals surface area contributed by atoms with Crippen LogP contribution >= 0.6 is 0 Å². The Hall–Kier alpha value is -0.160. The molecule has 1 N–H and O–H groups in total. The zero-order valence-electron chi connectivity index (χ0n) is 11.1. The fourth-order valence-corrected chi connectivity index (χ4v) is 0.818. The molecule has 94 valence electrons. The molecule has 4 heteroatoms. The molecule has 0 saturated heterocycles. The molecular formula is C11H28NO3+. The SMILES string of the molecule is CCOC(C)OCC.C[N+](C)(C)CCO. The molecule has 0 aromatic heterocycles. The van der Waals surface area contributed by atoms with Gasteiger partial charge in [0.25, 0.3) is 0 Å². The smallest absolute Gasteiger partial charge is 0.154 e. The maximum absolute atomic E-state index is 8.39. The molecule has 0 amide bonds. The molecule has 0 unspecified atom stereocenters. The summed E-state index contributed by atoms with van der Waals surface area (Å²) in [4.78, 5) is 0. The Kier molecular flexibility index (Phi) is 11.9. The average molecular weight is 222 g/mol. The van der Waals surface area contributed by atoms with E-state index in [2.05, 4.69) is 21.1 Å². The van der Waals surface area contributed by atoms with E-state index >= 15 is 0 Å². The van der Waals surface area contributed by atoms with Gasteiger partial charge in [0.2, 0.25) is 0 Å². The van der Waals surface area contributed by atoms with Crippen molar-refractivity contribution in [2.45, 2.75) is 27.1 Å². The van der Waals surface area contributed by atoms with Gasteiger partial charge in [-0.3, -0.25) is 0 Å². The average Bonchev–Trinajstić information content (AvgIpc) is 2.03. The summed E-state index contributed by atoms with van der Waals surface area (Å²) in [6.07, 6.45) is -0.0370. The molecule has 0 atom stereocenters. The van der Waals surface area contributed by atoms with Gasteiger partial charge >= 0.3 is 0 Å². The van der Waals surface area contributed by atoms with Gasteiger partial charge in [-0.1, -0.05) is 0 Å². The second-order valence-corrected chi connectivity index (χ2v) is 4.22. The molecule has 15 heavy (non-hydrogen) atoms. The molecule has 0 saturated carbocycles. The van der Waals surface area contributed by atoms with E-state index < -0.39 is 0 Å². The van der Waals surface area contributed by atoms with Gasteiger partial charge in [0.05, 0.1) is 27.7 Å². The predicted octanol–water partition coefficient (Wildman–Crippen LogP) is 1.09. The van der Waals surface area contributed by atoms with Crippen LogP contribution in [0.25, 0.3) is 0 Å². The number of likely N-dealkylation sites (N-methyl/N-ethyl adjacent to an activating group) is 1. The molecule has 4 nitrogen and oxygen atoms in total. The summed E-state index contributed by atoms with van der Waals surface area (Å²) in [6.45, 7) is 8.36. The Bertz CT molecular complexity index is 117. The van der Waals surface area contributed by atoms with Crippen molar-refractivity contribution in [3.63, 3.8) is 0 Å². The molecule has 0 spiro atoms. The highest BCUT2D eigenvalue weighted by atomic mass is 16.7. The summed E-state index contributed by atoms with van der Waals surface area (Å²) in [6, 6.07) is 0. The Labute approximate surface area is 94.4 Å². The van der Waals surface area contributed by atoms with Gasteiger partial charge in [-0.25, -0.2) is 0 Å². The van der Waals surface area contributed by atoms with Gasteiger partial charge in [-0.2, -0.15) is 0 Å². The van der Waals surface area contributed by atoms with Gasteiger partial charge in [-0.15, -0.1) is 0 Å². The molecule has 0 heterocycles. The number of nitrogens with zero attached hydrogens (tertiary/aromatic N) is 1. The minimum Gasteiger partial charge on any atom is -0.391 e. The summed E-state index contributed by atoms with van der Waals surface area (Å²) < 4.78 is 11.0. The maximum atomic E-state index is 8.39. The van der Waals surface area contributed by atoms with E-state index in [4.69, 9.17) is 14.6 Å². The zero-order chi connectivity index (χ0) is 12.3. The van der Waals surface area contributed by atoms with Gasteiger partial charge in [0.15, 0.2) is 6.29 Å². The molecule has 0 radical (unpaired) electrons. The maximum Gasteiger partial charge on any atom is 0.154 e. The number of quaternary nitrogens is 1. The number of hydrogen-bond donors (Lipinski definition) is 1. The van der Waals surface area contributed by atoms with Crippen molar-refractivity contribution in [3.8, 4) is 0 Å². The van der Waals surface area contributed by atoms with Gasteiger partial charge in [0, 0.05) is 13.2 Å². The molecule has 0 aromatic carbocycles. The Balaban J connectivity index is 0. The highest BCUT2D eigenvalue weighted by Gasteiger charge is 2.02. The van der Waals surface area contributed by atoms with Crippen molar-refractivity contribution in [3.05, 3.63) is 0 Å². The lowest BCUT2D eigenvalue weighted by molar-refractivity contribution is -0.870. The summed E-state index contributed by atoms with van der Waals surface area (Å²) in [7, 11) is 6.16. The number of aliphatic hydroxyl groups excluding tert-OH is 1. The summed E-state index contributed by atoms with van der Waals surface area (Å²) in [5.41, 5.74) is 0. The molecule has 0 aliphatic rings. The zero-order valence-corrected chi connectivity index (χ0v) is 11.1. The van der Waals surface area contributed by atoms with Crippen molar-refractivity contribution in [2.24, 2.45) is 0 Å². The number of ether oxygens (including phenoxy) is 2. The third-order valence-corrected chi connectivity index (χ3v) is 1.57. The molecule has 0 aromatic rings. The topological polar surface area (TPSA) is 38.7 Å². The third kappa shape index (κ3) is 20.0. The standard InChI is InChI=1S/C6H14O2.C5H14NO/c1-4-7-6(3)8-5-2;1-6(2,3)4-5-7/h6H,4-5H2,1-3H3;7H,4-5H2,1-3H3/q;+1. The van der Waals surface area contributed by atoms with Crippen LogP contribution in [0.3, 0.4) is 0 Å². The van der Waals surface area contributed by atoms with Gasteiger partial charge in [0.1, 0.15) is 6.54 Å². The first kappa shape index (κ1) is 17.2. The van der Waals surface area contributed by atoms with Crippen LogP contribution in [0.2, 0.25) is 0 Å². The molecule has 0 fully saturated rings. The van der Waals surface area contributed by atoms with Crippen molar-refractivity contribution >= 4 is 0 Å². The van der Waals surface area contributed by atoms with Crippen LogP contribution in [0, 0.1) is 0 Å². The fraction of sp³-hybridized carbons (Fsp3) is 1.00. The highest BCUT2D eigenvalue weighted by Crippen LogP contribution is 1.90. The van der Waals surface area contributed by atoms with E-state index in [-0.39, 0.29) is 12.9 Å². The van der Waals surface area contributed by atoms with E-state index in [1.54, 1.807) is 0 Å². The number of hydrogen-bond acceptors (Lipinski definition) is 3. The van der Waals surface area contributed by atoms with Crippen LogP contribution in [0.4, 0.5) is 0 Å². The minimum absolute atomic E-state index is 0.0370. The monoisotopic (exact) mass is 222 g/mol. The van der Waals surface area contributed by atoms with Crippen LogP contribution < -0.4 is 0 Å². The molecule has 0 rings (SSSR count). The van der Waals surface area contributed by atoms with Crippen molar-refractivity contribution in [2.75, 3.05) is 47.5 Å². The second-order valence-electron chi connectivity index (χ2n) is 4.22. The Morgan fingerprint density at radius 3 is 1.60 bits per heavy atom. The van der Waals surface area contributed by atoms with Crippen molar-refractivity contribution in [1.82, 2.24) is 0 Å². The Morgan fingerprint density at radius 1 is 1.07 bits per heavy atom. The summed E-state index contributed by atoms with van der Waals surface area (Å²) in [5, 5.41) is 8.39. The summed E-state index contributed by atoms with van der Waals surface area (Å²) in [5.74, 6) is 0. The first-order valence-corrected chi connectivity index (χ1v) is 5.51. The van der Waals surface area contributed by atoms with Crippen molar-refractivity contribution < 1.29 is 19.1 Å². The van der Waals surface area contributed by atoms with Gasteiger partial charge < -0.3 is 19.1 Å². The quantitative estimate of drug-likeness (QED) is 0.540.